The lowest BCUT2D eigenvalue weighted by Gasteiger charge is -2.13. The molecule has 0 spiro atoms. The van der Waals surface area contributed by atoms with E-state index in [9.17, 15) is 22.4 Å². The van der Waals surface area contributed by atoms with Gasteiger partial charge >= 0.3 is 12.1 Å². The molecule has 1 aromatic heterocycles. The molecule has 4 nitrogen and oxygen atoms in total. The van der Waals surface area contributed by atoms with E-state index in [1.165, 1.54) is 18.5 Å². The molecule has 20 heavy (non-hydrogen) atoms. The van der Waals surface area contributed by atoms with Crippen molar-refractivity contribution in [1.29, 1.82) is 0 Å². The monoisotopic (exact) mass is 286 g/mol. The minimum absolute atomic E-state index is 0.134. The van der Waals surface area contributed by atoms with Crippen molar-refractivity contribution in [3.05, 3.63) is 47.5 Å². The van der Waals surface area contributed by atoms with Crippen LogP contribution in [0.5, 0.6) is 0 Å². The summed E-state index contributed by atoms with van der Waals surface area (Å²) in [6, 6.07) is 2.10. The number of aromatic carboxylic acids is 1. The summed E-state index contributed by atoms with van der Waals surface area (Å²) in [5.74, 6) is -3.47. The highest BCUT2D eigenvalue weighted by Crippen LogP contribution is 2.37. The molecule has 0 aliphatic heterocycles. The van der Waals surface area contributed by atoms with Gasteiger partial charge in [-0.1, -0.05) is 0 Å². The largest absolute Gasteiger partial charge is 0.478 e. The predicted molar refractivity (Wildman–Crippen MR) is 59.4 cm³/mol. The van der Waals surface area contributed by atoms with Gasteiger partial charge in [0, 0.05) is 18.0 Å². The van der Waals surface area contributed by atoms with Crippen LogP contribution in [0.4, 0.5) is 17.6 Å². The summed E-state index contributed by atoms with van der Waals surface area (Å²) < 4.78 is 52.0. The fourth-order valence-electron chi connectivity index (χ4n) is 1.59. The summed E-state index contributed by atoms with van der Waals surface area (Å²) in [6.45, 7) is 0. The molecule has 2 aromatic rings. The first-order chi connectivity index (χ1) is 9.30. The van der Waals surface area contributed by atoms with Crippen LogP contribution >= 0.6 is 0 Å². The molecular weight excluding hydrogens is 280 g/mol. The topological polar surface area (TPSA) is 63.1 Å². The quantitative estimate of drug-likeness (QED) is 0.862. The second kappa shape index (κ2) is 4.87. The zero-order valence-electron chi connectivity index (χ0n) is 9.65. The Labute approximate surface area is 109 Å². The summed E-state index contributed by atoms with van der Waals surface area (Å²) in [5, 5.41) is 8.77. The van der Waals surface area contributed by atoms with Crippen molar-refractivity contribution in [2.24, 2.45) is 0 Å². The van der Waals surface area contributed by atoms with E-state index < -0.39 is 34.7 Å². The SMILES string of the molecule is O=C(O)c1cc(-c2ncccn2)c(C(F)(F)F)cc1F. The Morgan fingerprint density at radius 1 is 1.15 bits per heavy atom. The van der Waals surface area contributed by atoms with Gasteiger partial charge in [-0.05, 0) is 18.2 Å². The minimum atomic E-state index is -4.85. The molecule has 2 rings (SSSR count). The summed E-state index contributed by atoms with van der Waals surface area (Å²) in [5.41, 5.74) is -2.79. The number of carboxylic acid groups (broad SMARTS) is 1. The van der Waals surface area contributed by atoms with Crippen molar-refractivity contribution >= 4 is 5.97 Å². The average Bonchev–Trinajstić information content (AvgIpc) is 2.38. The second-order valence-electron chi connectivity index (χ2n) is 3.75. The zero-order chi connectivity index (χ0) is 14.9. The molecule has 104 valence electrons. The van der Waals surface area contributed by atoms with Crippen molar-refractivity contribution in [3.63, 3.8) is 0 Å². The average molecular weight is 286 g/mol. The van der Waals surface area contributed by atoms with Gasteiger partial charge in [0.25, 0.3) is 0 Å². The first-order valence-corrected chi connectivity index (χ1v) is 5.22. The molecule has 1 aromatic carbocycles. The fraction of sp³-hybridized carbons (Fsp3) is 0.0833. The van der Waals surface area contributed by atoms with Crippen LogP contribution in [-0.2, 0) is 6.18 Å². The fourth-order valence-corrected chi connectivity index (χ4v) is 1.59. The van der Waals surface area contributed by atoms with Crippen LogP contribution in [0.2, 0.25) is 0 Å². The lowest BCUT2D eigenvalue weighted by molar-refractivity contribution is -0.137. The number of benzene rings is 1. The Morgan fingerprint density at radius 2 is 1.75 bits per heavy atom. The minimum Gasteiger partial charge on any atom is -0.478 e. The van der Waals surface area contributed by atoms with Crippen LogP contribution in [0, 0.1) is 5.82 Å². The maximum atomic E-state index is 13.4. The molecule has 0 atom stereocenters. The van der Waals surface area contributed by atoms with E-state index >= 15 is 0 Å². The van der Waals surface area contributed by atoms with Crippen molar-refractivity contribution in [2.45, 2.75) is 6.18 Å². The molecule has 0 fully saturated rings. The number of nitrogens with zero attached hydrogens (tertiary/aromatic N) is 2. The Balaban J connectivity index is 2.76. The Hall–Kier alpha value is -2.51. The maximum absolute atomic E-state index is 13.4. The number of hydrogen-bond donors (Lipinski definition) is 1. The summed E-state index contributed by atoms with van der Waals surface area (Å²) in [4.78, 5) is 18.1. The third-order valence-corrected chi connectivity index (χ3v) is 2.45. The van der Waals surface area contributed by atoms with E-state index in [0.29, 0.717) is 6.07 Å². The van der Waals surface area contributed by atoms with E-state index in [2.05, 4.69) is 9.97 Å². The number of carbonyl (C=O) groups is 1. The number of halogens is 4. The Bertz CT molecular complexity index is 656. The molecular formula is C12H6F4N2O2. The number of rotatable bonds is 2. The highest BCUT2D eigenvalue weighted by molar-refractivity contribution is 5.90. The summed E-state index contributed by atoms with van der Waals surface area (Å²) in [7, 11) is 0. The number of alkyl halides is 3. The number of hydrogen-bond acceptors (Lipinski definition) is 3. The molecule has 0 unspecified atom stereocenters. The molecule has 0 amide bonds. The normalized spacial score (nSPS) is 11.4. The van der Waals surface area contributed by atoms with Gasteiger partial charge in [-0.25, -0.2) is 19.2 Å². The predicted octanol–water partition coefficient (Wildman–Crippen LogP) is 3.00. The highest BCUT2D eigenvalue weighted by atomic mass is 19.4. The van der Waals surface area contributed by atoms with Crippen LogP contribution in [0.3, 0.4) is 0 Å². The molecule has 8 heteroatoms. The summed E-state index contributed by atoms with van der Waals surface area (Å²) in [6.07, 6.45) is -2.45. The molecule has 0 aliphatic carbocycles. The van der Waals surface area contributed by atoms with Crippen molar-refractivity contribution in [3.8, 4) is 11.4 Å². The van der Waals surface area contributed by atoms with Gasteiger partial charge in [0.2, 0.25) is 0 Å². The Morgan fingerprint density at radius 3 is 2.25 bits per heavy atom. The number of aromatic nitrogens is 2. The van der Waals surface area contributed by atoms with E-state index in [-0.39, 0.29) is 11.9 Å². The second-order valence-corrected chi connectivity index (χ2v) is 3.75. The van der Waals surface area contributed by atoms with Gasteiger partial charge in [-0.2, -0.15) is 13.2 Å². The van der Waals surface area contributed by atoms with Gasteiger partial charge < -0.3 is 5.11 Å². The van der Waals surface area contributed by atoms with Gasteiger partial charge in [0.15, 0.2) is 5.82 Å². The van der Waals surface area contributed by atoms with Crippen molar-refractivity contribution in [2.75, 3.05) is 0 Å². The lowest BCUT2D eigenvalue weighted by Crippen LogP contribution is -2.12. The van der Waals surface area contributed by atoms with E-state index in [0.717, 1.165) is 0 Å². The molecule has 1 heterocycles. The third-order valence-electron chi connectivity index (χ3n) is 2.45. The van der Waals surface area contributed by atoms with E-state index in [4.69, 9.17) is 5.11 Å². The van der Waals surface area contributed by atoms with Gasteiger partial charge in [0.05, 0.1) is 11.1 Å². The maximum Gasteiger partial charge on any atom is 0.417 e. The molecule has 0 saturated heterocycles. The number of carboxylic acids is 1. The molecule has 0 saturated carbocycles. The third kappa shape index (κ3) is 2.58. The standard InChI is InChI=1S/C12H6F4N2O2/c13-9-5-8(12(14,15)16)6(4-7(9)11(19)20)10-17-2-1-3-18-10/h1-5H,(H,19,20). The van der Waals surface area contributed by atoms with Gasteiger partial charge in [-0.3, -0.25) is 0 Å². The first kappa shape index (κ1) is 13.9. The van der Waals surface area contributed by atoms with Crippen LogP contribution in [0.15, 0.2) is 30.6 Å². The first-order valence-electron chi connectivity index (χ1n) is 5.22. The zero-order valence-corrected chi connectivity index (χ0v) is 9.65. The van der Waals surface area contributed by atoms with Crippen LogP contribution < -0.4 is 0 Å². The molecule has 1 N–H and O–H groups in total. The molecule has 0 radical (unpaired) electrons. The van der Waals surface area contributed by atoms with Crippen molar-refractivity contribution < 1.29 is 27.5 Å². The summed E-state index contributed by atoms with van der Waals surface area (Å²) >= 11 is 0. The molecule has 0 bridgehead atoms. The van der Waals surface area contributed by atoms with Crippen LogP contribution in [0.1, 0.15) is 15.9 Å². The Kier molecular flexibility index (Phi) is 3.39. The van der Waals surface area contributed by atoms with Crippen LogP contribution in [0.25, 0.3) is 11.4 Å². The van der Waals surface area contributed by atoms with Gasteiger partial charge in [-0.15, -0.1) is 0 Å². The lowest BCUT2D eigenvalue weighted by atomic mass is 10.0. The van der Waals surface area contributed by atoms with E-state index in [1.807, 2.05) is 0 Å². The van der Waals surface area contributed by atoms with Crippen molar-refractivity contribution in [1.82, 2.24) is 9.97 Å². The van der Waals surface area contributed by atoms with Gasteiger partial charge in [0.1, 0.15) is 5.82 Å². The molecule has 0 aliphatic rings. The van der Waals surface area contributed by atoms with Crippen LogP contribution in [-0.4, -0.2) is 21.0 Å². The van der Waals surface area contributed by atoms with E-state index in [1.54, 1.807) is 0 Å². The smallest absolute Gasteiger partial charge is 0.417 e. The highest BCUT2D eigenvalue weighted by Gasteiger charge is 2.36.